The molecule has 0 radical (unpaired) electrons. The van der Waals surface area contributed by atoms with E-state index in [0.29, 0.717) is 11.1 Å². The number of carbonyl (C=O) groups is 1. The fraction of sp³-hybridized carbons (Fsp3) is 0.462. The van der Waals surface area contributed by atoms with Crippen molar-refractivity contribution in [1.29, 1.82) is 0 Å². The molecule has 0 aliphatic heterocycles. The van der Waals surface area contributed by atoms with Crippen LogP contribution < -0.4 is 9.47 Å². The van der Waals surface area contributed by atoms with E-state index in [9.17, 15) is 13.6 Å². The molecule has 20 heavy (non-hydrogen) atoms. The van der Waals surface area contributed by atoms with E-state index in [2.05, 4.69) is 15.9 Å². The summed E-state index contributed by atoms with van der Waals surface area (Å²) in [5.74, 6) is 0.114. The predicted molar refractivity (Wildman–Crippen MR) is 75.2 cm³/mol. The van der Waals surface area contributed by atoms with Crippen LogP contribution in [0.25, 0.3) is 0 Å². The van der Waals surface area contributed by atoms with E-state index in [-0.39, 0.29) is 17.9 Å². The van der Waals surface area contributed by atoms with Gasteiger partial charge in [-0.15, -0.1) is 0 Å². The molecule has 0 saturated carbocycles. The van der Waals surface area contributed by atoms with Gasteiger partial charge >= 0.3 is 0 Å². The van der Waals surface area contributed by atoms with Crippen molar-refractivity contribution < 1.29 is 23.0 Å². The van der Waals surface area contributed by atoms with Crippen molar-refractivity contribution in [2.24, 2.45) is 0 Å². The number of halogens is 3. The Bertz CT molecular complexity index is 457. The summed E-state index contributed by atoms with van der Waals surface area (Å²) in [5, 5.41) is 0.414. The van der Waals surface area contributed by atoms with Crippen LogP contribution in [0, 0.1) is 0 Å². The SMILES string of the molecule is COc1cccc(C(=O)N(CCBr)CC(F)F)c1OC. The van der Waals surface area contributed by atoms with Crippen molar-refractivity contribution >= 4 is 21.8 Å². The van der Waals surface area contributed by atoms with E-state index in [1.165, 1.54) is 20.3 Å². The third kappa shape index (κ3) is 4.06. The second-order valence-electron chi connectivity index (χ2n) is 3.87. The summed E-state index contributed by atoms with van der Waals surface area (Å²) in [5.41, 5.74) is 0.202. The zero-order chi connectivity index (χ0) is 15.1. The molecule has 0 atom stereocenters. The highest BCUT2D eigenvalue weighted by atomic mass is 79.9. The predicted octanol–water partition coefficient (Wildman–Crippen LogP) is 2.81. The number of alkyl halides is 3. The Balaban J connectivity index is 3.10. The Morgan fingerprint density at radius 3 is 2.55 bits per heavy atom. The highest BCUT2D eigenvalue weighted by molar-refractivity contribution is 9.09. The van der Waals surface area contributed by atoms with Gasteiger partial charge < -0.3 is 14.4 Å². The monoisotopic (exact) mass is 351 g/mol. The molecule has 0 unspecified atom stereocenters. The number of para-hydroxylation sites is 1. The van der Waals surface area contributed by atoms with Crippen LogP contribution in [0.15, 0.2) is 18.2 Å². The van der Waals surface area contributed by atoms with E-state index in [1.807, 2.05) is 0 Å². The minimum absolute atomic E-state index is 0.184. The summed E-state index contributed by atoms with van der Waals surface area (Å²) in [4.78, 5) is 13.4. The van der Waals surface area contributed by atoms with Crippen LogP contribution in [0.4, 0.5) is 8.78 Å². The fourth-order valence-electron chi connectivity index (χ4n) is 1.77. The van der Waals surface area contributed by atoms with Gasteiger partial charge in [-0.25, -0.2) is 8.78 Å². The lowest BCUT2D eigenvalue weighted by molar-refractivity contribution is 0.0569. The van der Waals surface area contributed by atoms with Gasteiger partial charge in [0.1, 0.15) is 0 Å². The summed E-state index contributed by atoms with van der Waals surface area (Å²) in [7, 11) is 2.85. The van der Waals surface area contributed by atoms with Gasteiger partial charge in [0.15, 0.2) is 11.5 Å². The molecule has 4 nitrogen and oxygen atoms in total. The third-order valence-electron chi connectivity index (χ3n) is 2.63. The fourth-order valence-corrected chi connectivity index (χ4v) is 2.20. The molecular weight excluding hydrogens is 336 g/mol. The number of hydrogen-bond acceptors (Lipinski definition) is 3. The normalized spacial score (nSPS) is 10.5. The van der Waals surface area contributed by atoms with Crippen molar-refractivity contribution in [2.45, 2.75) is 6.43 Å². The van der Waals surface area contributed by atoms with Gasteiger partial charge in [-0.05, 0) is 12.1 Å². The molecule has 1 rings (SSSR count). The topological polar surface area (TPSA) is 38.8 Å². The number of rotatable bonds is 7. The van der Waals surface area contributed by atoms with Crippen LogP contribution in [0.2, 0.25) is 0 Å². The quantitative estimate of drug-likeness (QED) is 0.709. The van der Waals surface area contributed by atoms with Gasteiger partial charge in [-0.2, -0.15) is 0 Å². The molecule has 112 valence electrons. The lowest BCUT2D eigenvalue weighted by Gasteiger charge is -2.22. The Morgan fingerprint density at radius 1 is 1.35 bits per heavy atom. The van der Waals surface area contributed by atoms with Gasteiger partial charge in [-0.1, -0.05) is 22.0 Å². The van der Waals surface area contributed by atoms with Gasteiger partial charge in [0.25, 0.3) is 12.3 Å². The second kappa shape index (κ2) is 8.04. The number of nitrogens with zero attached hydrogens (tertiary/aromatic N) is 1. The second-order valence-corrected chi connectivity index (χ2v) is 4.67. The first-order valence-electron chi connectivity index (χ1n) is 5.89. The van der Waals surface area contributed by atoms with Gasteiger partial charge in [0.2, 0.25) is 0 Å². The van der Waals surface area contributed by atoms with Crippen molar-refractivity contribution in [2.75, 3.05) is 32.6 Å². The first kappa shape index (κ1) is 16.7. The summed E-state index contributed by atoms with van der Waals surface area (Å²) >= 11 is 3.15. The Morgan fingerprint density at radius 2 is 2.05 bits per heavy atom. The maximum Gasteiger partial charge on any atom is 0.257 e. The van der Waals surface area contributed by atoms with E-state index >= 15 is 0 Å². The smallest absolute Gasteiger partial charge is 0.257 e. The molecule has 0 fully saturated rings. The number of amides is 1. The first-order chi connectivity index (χ1) is 9.54. The Kier molecular flexibility index (Phi) is 6.70. The van der Waals surface area contributed by atoms with Crippen LogP contribution in [-0.2, 0) is 0 Å². The van der Waals surface area contributed by atoms with Gasteiger partial charge in [0.05, 0.1) is 26.3 Å². The average Bonchev–Trinajstić information content (AvgIpc) is 2.44. The maximum absolute atomic E-state index is 12.5. The molecule has 0 aliphatic rings. The number of benzene rings is 1. The Labute approximate surface area is 124 Å². The van der Waals surface area contributed by atoms with Crippen molar-refractivity contribution in [3.63, 3.8) is 0 Å². The van der Waals surface area contributed by atoms with Crippen molar-refractivity contribution in [1.82, 2.24) is 4.90 Å². The summed E-state index contributed by atoms with van der Waals surface area (Å²) in [6, 6.07) is 4.78. The van der Waals surface area contributed by atoms with Crippen LogP contribution >= 0.6 is 15.9 Å². The van der Waals surface area contributed by atoms with Gasteiger partial charge in [-0.3, -0.25) is 4.79 Å². The first-order valence-corrected chi connectivity index (χ1v) is 7.01. The van der Waals surface area contributed by atoms with E-state index in [4.69, 9.17) is 9.47 Å². The average molecular weight is 352 g/mol. The lowest BCUT2D eigenvalue weighted by atomic mass is 10.1. The standard InChI is InChI=1S/C13H16BrF2NO3/c1-19-10-5-3-4-9(12(10)20-2)13(18)17(7-6-14)8-11(15)16/h3-5,11H,6-8H2,1-2H3. The molecule has 1 aromatic carbocycles. The highest BCUT2D eigenvalue weighted by Gasteiger charge is 2.23. The van der Waals surface area contributed by atoms with E-state index in [1.54, 1.807) is 12.1 Å². The molecular formula is C13H16BrF2NO3. The molecule has 0 heterocycles. The van der Waals surface area contributed by atoms with E-state index in [0.717, 1.165) is 4.90 Å². The molecule has 1 amide bonds. The van der Waals surface area contributed by atoms with Gasteiger partial charge in [0, 0.05) is 11.9 Å². The molecule has 0 spiro atoms. The molecule has 0 bridgehead atoms. The van der Waals surface area contributed by atoms with Crippen LogP contribution in [-0.4, -0.2) is 49.9 Å². The zero-order valence-corrected chi connectivity index (χ0v) is 12.8. The summed E-state index contributed by atoms with van der Waals surface area (Å²) < 4.78 is 35.3. The van der Waals surface area contributed by atoms with Crippen LogP contribution in [0.1, 0.15) is 10.4 Å². The molecule has 1 aromatic rings. The van der Waals surface area contributed by atoms with Crippen LogP contribution in [0.3, 0.4) is 0 Å². The number of carbonyl (C=O) groups excluding carboxylic acids is 1. The molecule has 0 saturated heterocycles. The van der Waals surface area contributed by atoms with Crippen LogP contribution in [0.5, 0.6) is 11.5 Å². The molecule has 7 heteroatoms. The lowest BCUT2D eigenvalue weighted by Crippen LogP contribution is -2.36. The third-order valence-corrected chi connectivity index (χ3v) is 2.99. The number of hydrogen-bond donors (Lipinski definition) is 0. The number of methoxy groups -OCH3 is 2. The maximum atomic E-state index is 12.5. The Hall–Kier alpha value is -1.37. The largest absolute Gasteiger partial charge is 0.493 e. The highest BCUT2D eigenvalue weighted by Crippen LogP contribution is 2.31. The van der Waals surface area contributed by atoms with Crippen molar-refractivity contribution in [3.05, 3.63) is 23.8 Å². The zero-order valence-electron chi connectivity index (χ0n) is 11.2. The van der Waals surface area contributed by atoms with E-state index < -0.39 is 18.9 Å². The molecule has 0 N–H and O–H groups in total. The van der Waals surface area contributed by atoms with Crippen molar-refractivity contribution in [3.8, 4) is 11.5 Å². The number of ether oxygens (including phenoxy) is 2. The summed E-state index contributed by atoms with van der Waals surface area (Å²) in [6.07, 6.45) is -2.59. The molecule has 0 aromatic heterocycles. The molecule has 0 aliphatic carbocycles. The minimum Gasteiger partial charge on any atom is -0.493 e. The minimum atomic E-state index is -2.59. The summed E-state index contributed by atoms with van der Waals surface area (Å²) in [6.45, 7) is -0.436.